The largest absolute Gasteiger partial charge is 0.396 e. The van der Waals surface area contributed by atoms with Crippen molar-refractivity contribution in [1.82, 2.24) is 4.90 Å². The van der Waals surface area contributed by atoms with E-state index in [-0.39, 0.29) is 11.6 Å². The van der Waals surface area contributed by atoms with Crippen LogP contribution < -0.4 is 5.73 Å². The van der Waals surface area contributed by atoms with Crippen LogP contribution in [0.4, 0.5) is 10.1 Å². The summed E-state index contributed by atoms with van der Waals surface area (Å²) in [6.45, 7) is 5.95. The molecule has 0 aromatic heterocycles. The molecule has 21 heavy (non-hydrogen) atoms. The highest BCUT2D eigenvalue weighted by molar-refractivity contribution is 9.10. The highest BCUT2D eigenvalue weighted by atomic mass is 79.9. The van der Waals surface area contributed by atoms with Gasteiger partial charge in [0, 0.05) is 17.6 Å². The highest BCUT2D eigenvalue weighted by Crippen LogP contribution is 2.38. The fraction of sp³-hybridized carbons (Fsp3) is 0.562. The van der Waals surface area contributed by atoms with Crippen molar-refractivity contribution in [3.8, 4) is 0 Å². The first-order chi connectivity index (χ1) is 9.92. The summed E-state index contributed by atoms with van der Waals surface area (Å²) in [5, 5.41) is 0. The third kappa shape index (κ3) is 3.23. The monoisotopic (exact) mass is 356 g/mol. The van der Waals surface area contributed by atoms with Gasteiger partial charge >= 0.3 is 0 Å². The van der Waals surface area contributed by atoms with E-state index in [9.17, 15) is 9.18 Å². The van der Waals surface area contributed by atoms with E-state index in [1.165, 1.54) is 12.1 Å². The van der Waals surface area contributed by atoms with E-state index in [4.69, 9.17) is 5.73 Å². The van der Waals surface area contributed by atoms with Crippen molar-refractivity contribution in [3.05, 3.63) is 28.0 Å². The lowest BCUT2D eigenvalue weighted by Crippen LogP contribution is -2.43. The maximum atomic E-state index is 13.4. The number of benzene rings is 1. The Morgan fingerprint density at radius 1 is 1.33 bits per heavy atom. The molecule has 1 heterocycles. The molecule has 1 aromatic carbocycles. The second kappa shape index (κ2) is 6.34. The van der Waals surface area contributed by atoms with Gasteiger partial charge in [-0.3, -0.25) is 4.79 Å². The smallest absolute Gasteiger partial charge is 0.255 e. The molecule has 0 saturated carbocycles. The minimum atomic E-state index is -0.506. The molecule has 2 rings (SSSR count). The van der Waals surface area contributed by atoms with Crippen molar-refractivity contribution < 1.29 is 9.18 Å². The zero-order chi connectivity index (χ0) is 15.6. The molecule has 0 aliphatic carbocycles. The van der Waals surface area contributed by atoms with Crippen LogP contribution in [0, 0.1) is 11.2 Å². The number of carbonyl (C=O) groups is 1. The first-order valence-corrected chi connectivity index (χ1v) is 8.25. The third-order valence-electron chi connectivity index (χ3n) is 4.93. The zero-order valence-corrected chi connectivity index (χ0v) is 14.2. The third-order valence-corrected chi connectivity index (χ3v) is 5.58. The molecule has 0 bridgehead atoms. The average molecular weight is 357 g/mol. The number of halogens is 2. The molecule has 2 N–H and O–H groups in total. The summed E-state index contributed by atoms with van der Waals surface area (Å²) in [7, 11) is 0. The standard InChI is InChI=1S/C16H22BrFN2O/c1-3-16(4-2)5-7-20(8-6-16)15(21)11-9-14(19)13(18)10-12(11)17/h9-10H,3-8,19H2,1-2H3. The van der Waals surface area contributed by atoms with E-state index in [1.807, 2.05) is 4.90 Å². The molecule has 1 saturated heterocycles. The fourth-order valence-corrected chi connectivity index (χ4v) is 3.53. The molecule has 1 fully saturated rings. The lowest BCUT2D eigenvalue weighted by Gasteiger charge is -2.41. The molecule has 0 atom stereocenters. The molecule has 0 spiro atoms. The van der Waals surface area contributed by atoms with Crippen LogP contribution in [0.25, 0.3) is 0 Å². The van der Waals surface area contributed by atoms with Crippen LogP contribution >= 0.6 is 15.9 Å². The normalized spacial score (nSPS) is 17.8. The second-order valence-corrected chi connectivity index (χ2v) is 6.71. The predicted molar refractivity (Wildman–Crippen MR) is 86.7 cm³/mol. The van der Waals surface area contributed by atoms with Crippen molar-refractivity contribution in [1.29, 1.82) is 0 Å². The van der Waals surface area contributed by atoms with Crippen LogP contribution in [-0.2, 0) is 0 Å². The van der Waals surface area contributed by atoms with E-state index < -0.39 is 5.82 Å². The Morgan fingerprint density at radius 3 is 2.43 bits per heavy atom. The van der Waals surface area contributed by atoms with Gasteiger partial charge in [-0.05, 0) is 46.3 Å². The topological polar surface area (TPSA) is 46.3 Å². The Hall–Kier alpha value is -1.10. The number of amides is 1. The van der Waals surface area contributed by atoms with Gasteiger partial charge in [0.25, 0.3) is 5.91 Å². The van der Waals surface area contributed by atoms with Gasteiger partial charge in [0.15, 0.2) is 0 Å². The predicted octanol–water partition coefficient (Wildman–Crippen LogP) is 4.21. The van der Waals surface area contributed by atoms with Gasteiger partial charge < -0.3 is 10.6 Å². The maximum Gasteiger partial charge on any atom is 0.255 e. The van der Waals surface area contributed by atoms with Crippen LogP contribution in [-0.4, -0.2) is 23.9 Å². The molecule has 0 radical (unpaired) electrons. The lowest BCUT2D eigenvalue weighted by atomic mass is 9.74. The number of piperidine rings is 1. The van der Waals surface area contributed by atoms with Gasteiger partial charge in [0.05, 0.1) is 11.3 Å². The first-order valence-electron chi connectivity index (χ1n) is 7.46. The van der Waals surface area contributed by atoms with Crippen LogP contribution in [0.2, 0.25) is 0 Å². The molecule has 1 aliphatic heterocycles. The molecular formula is C16H22BrFN2O. The summed E-state index contributed by atoms with van der Waals surface area (Å²) < 4.78 is 13.8. The molecule has 1 aliphatic rings. The molecule has 116 valence electrons. The molecular weight excluding hydrogens is 335 g/mol. The highest BCUT2D eigenvalue weighted by Gasteiger charge is 2.33. The van der Waals surface area contributed by atoms with Crippen molar-refractivity contribution in [2.75, 3.05) is 18.8 Å². The first kappa shape index (κ1) is 16.3. The number of hydrogen-bond acceptors (Lipinski definition) is 2. The van der Waals surface area contributed by atoms with E-state index in [0.717, 1.165) is 38.8 Å². The van der Waals surface area contributed by atoms with Crippen molar-refractivity contribution >= 4 is 27.5 Å². The molecule has 3 nitrogen and oxygen atoms in total. The average Bonchev–Trinajstić information content (AvgIpc) is 2.50. The Bertz CT molecular complexity index is 533. The van der Waals surface area contributed by atoms with E-state index in [0.29, 0.717) is 15.5 Å². The van der Waals surface area contributed by atoms with Gasteiger partial charge in [-0.25, -0.2) is 4.39 Å². The van der Waals surface area contributed by atoms with Crippen LogP contribution in [0.5, 0.6) is 0 Å². The van der Waals surface area contributed by atoms with Crippen LogP contribution in [0.1, 0.15) is 49.9 Å². The van der Waals surface area contributed by atoms with Crippen molar-refractivity contribution in [2.45, 2.75) is 39.5 Å². The molecule has 0 unspecified atom stereocenters. The van der Waals surface area contributed by atoms with Gasteiger partial charge in [0.2, 0.25) is 0 Å². The number of likely N-dealkylation sites (tertiary alicyclic amines) is 1. The van der Waals surface area contributed by atoms with E-state index >= 15 is 0 Å². The molecule has 1 amide bonds. The minimum Gasteiger partial charge on any atom is -0.396 e. The van der Waals surface area contributed by atoms with Gasteiger partial charge in [-0.15, -0.1) is 0 Å². The zero-order valence-electron chi connectivity index (χ0n) is 12.6. The maximum absolute atomic E-state index is 13.4. The van der Waals surface area contributed by atoms with Crippen LogP contribution in [0.3, 0.4) is 0 Å². The number of nitrogens with two attached hydrogens (primary N) is 1. The van der Waals surface area contributed by atoms with Gasteiger partial charge in [0.1, 0.15) is 5.82 Å². The number of anilines is 1. The molecule has 1 aromatic rings. The number of carbonyl (C=O) groups excluding carboxylic acids is 1. The minimum absolute atomic E-state index is 0.00928. The Kier molecular flexibility index (Phi) is 4.91. The summed E-state index contributed by atoms with van der Waals surface area (Å²) in [6.07, 6.45) is 4.36. The number of nitrogen functional groups attached to an aromatic ring is 1. The summed E-state index contributed by atoms with van der Waals surface area (Å²) in [5.41, 5.74) is 6.40. The van der Waals surface area contributed by atoms with Gasteiger partial charge in [-0.2, -0.15) is 0 Å². The summed E-state index contributed by atoms with van der Waals surface area (Å²) in [4.78, 5) is 14.4. The Balaban J connectivity index is 2.14. The second-order valence-electron chi connectivity index (χ2n) is 5.85. The lowest BCUT2D eigenvalue weighted by molar-refractivity contribution is 0.0557. The number of nitrogens with zero attached hydrogens (tertiary/aromatic N) is 1. The van der Waals surface area contributed by atoms with E-state index in [2.05, 4.69) is 29.8 Å². The summed E-state index contributed by atoms with van der Waals surface area (Å²) >= 11 is 3.26. The number of rotatable bonds is 3. The van der Waals surface area contributed by atoms with E-state index in [1.54, 1.807) is 0 Å². The number of hydrogen-bond donors (Lipinski definition) is 1. The van der Waals surface area contributed by atoms with Gasteiger partial charge in [-0.1, -0.05) is 26.7 Å². The Labute approximate surface area is 133 Å². The summed E-state index contributed by atoms with van der Waals surface area (Å²) in [5.74, 6) is -0.581. The van der Waals surface area contributed by atoms with Crippen LogP contribution in [0.15, 0.2) is 16.6 Å². The van der Waals surface area contributed by atoms with Crippen molar-refractivity contribution in [2.24, 2.45) is 5.41 Å². The fourth-order valence-electron chi connectivity index (χ4n) is 3.04. The summed E-state index contributed by atoms with van der Waals surface area (Å²) in [6, 6.07) is 2.68. The molecule has 5 heteroatoms. The Morgan fingerprint density at radius 2 is 1.90 bits per heavy atom. The SMILES string of the molecule is CCC1(CC)CCN(C(=O)c2cc(N)c(F)cc2Br)CC1. The quantitative estimate of drug-likeness (QED) is 0.824. The van der Waals surface area contributed by atoms with Crippen molar-refractivity contribution in [3.63, 3.8) is 0 Å².